The van der Waals surface area contributed by atoms with Crippen molar-refractivity contribution in [2.45, 2.75) is 16.7 Å². The van der Waals surface area contributed by atoms with Crippen LogP contribution in [0.4, 0.5) is 5.69 Å². The van der Waals surface area contributed by atoms with Gasteiger partial charge >= 0.3 is 5.69 Å². The Bertz CT molecular complexity index is 1070. The van der Waals surface area contributed by atoms with E-state index in [9.17, 15) is 13.2 Å². The fourth-order valence-electron chi connectivity index (χ4n) is 2.62. The highest BCUT2D eigenvalue weighted by molar-refractivity contribution is 7.91. The zero-order valence-corrected chi connectivity index (χ0v) is 13.9. The van der Waals surface area contributed by atoms with Gasteiger partial charge in [0.1, 0.15) is 0 Å². The molecular formula is C16H17N3O3S. The Kier molecular flexibility index (Phi) is 3.33. The molecule has 0 atom stereocenters. The molecular weight excluding hydrogens is 314 g/mol. The van der Waals surface area contributed by atoms with Crippen molar-refractivity contribution < 1.29 is 8.42 Å². The number of aryl methyl sites for hydroxylation is 3. The van der Waals surface area contributed by atoms with E-state index in [1.807, 2.05) is 6.92 Å². The van der Waals surface area contributed by atoms with Crippen LogP contribution in [-0.2, 0) is 23.9 Å². The summed E-state index contributed by atoms with van der Waals surface area (Å²) in [4.78, 5) is 12.2. The summed E-state index contributed by atoms with van der Waals surface area (Å²) in [6.07, 6.45) is 0. The second kappa shape index (κ2) is 4.99. The molecule has 2 aromatic carbocycles. The second-order valence-corrected chi connectivity index (χ2v) is 7.51. The second-order valence-electron chi connectivity index (χ2n) is 5.60. The quantitative estimate of drug-likeness (QED) is 0.723. The molecule has 1 heterocycles. The summed E-state index contributed by atoms with van der Waals surface area (Å²) in [6.45, 7) is 1.89. The van der Waals surface area contributed by atoms with E-state index < -0.39 is 9.84 Å². The molecule has 3 rings (SSSR count). The van der Waals surface area contributed by atoms with Crippen molar-refractivity contribution in [3.63, 3.8) is 0 Å². The van der Waals surface area contributed by atoms with E-state index in [4.69, 9.17) is 5.73 Å². The molecule has 7 heteroatoms. The lowest BCUT2D eigenvalue weighted by atomic mass is 10.2. The van der Waals surface area contributed by atoms with Gasteiger partial charge in [-0.25, -0.2) is 13.2 Å². The molecule has 0 amide bonds. The van der Waals surface area contributed by atoms with Crippen molar-refractivity contribution in [3.05, 3.63) is 52.4 Å². The van der Waals surface area contributed by atoms with Gasteiger partial charge in [-0.1, -0.05) is 17.7 Å². The fraction of sp³-hybridized carbons (Fsp3) is 0.188. The number of aromatic nitrogens is 2. The van der Waals surface area contributed by atoms with Gasteiger partial charge in [-0.15, -0.1) is 0 Å². The van der Waals surface area contributed by atoms with Gasteiger partial charge in [0.25, 0.3) is 0 Å². The van der Waals surface area contributed by atoms with Crippen molar-refractivity contribution in [1.82, 2.24) is 9.13 Å². The first-order valence-electron chi connectivity index (χ1n) is 7.00. The number of sulfone groups is 1. The zero-order chi connectivity index (χ0) is 16.9. The van der Waals surface area contributed by atoms with Gasteiger partial charge < -0.3 is 5.73 Å². The number of nitrogens with zero attached hydrogens (tertiary/aromatic N) is 2. The highest BCUT2D eigenvalue weighted by Crippen LogP contribution is 2.29. The van der Waals surface area contributed by atoms with Crippen molar-refractivity contribution in [2.75, 3.05) is 5.73 Å². The first-order valence-corrected chi connectivity index (χ1v) is 8.48. The van der Waals surface area contributed by atoms with Crippen LogP contribution < -0.4 is 11.4 Å². The minimum absolute atomic E-state index is 0.00931. The molecule has 1 aromatic heterocycles. The van der Waals surface area contributed by atoms with Gasteiger partial charge in [0.15, 0.2) is 0 Å². The lowest BCUT2D eigenvalue weighted by molar-refractivity contribution is 0.596. The first kappa shape index (κ1) is 15.4. The molecule has 0 spiro atoms. The number of rotatable bonds is 2. The predicted octanol–water partition coefficient (Wildman–Crippen LogP) is 1.60. The van der Waals surface area contributed by atoms with Crippen LogP contribution in [-0.4, -0.2) is 17.6 Å². The Morgan fingerprint density at radius 1 is 0.957 bits per heavy atom. The Hall–Kier alpha value is -2.54. The van der Waals surface area contributed by atoms with Gasteiger partial charge in [0.05, 0.1) is 26.5 Å². The largest absolute Gasteiger partial charge is 0.398 e. The third kappa shape index (κ3) is 2.24. The van der Waals surface area contributed by atoms with Crippen LogP contribution in [0.5, 0.6) is 0 Å². The Labute approximate surface area is 133 Å². The lowest BCUT2D eigenvalue weighted by Gasteiger charge is -2.09. The van der Waals surface area contributed by atoms with Crippen molar-refractivity contribution in [1.29, 1.82) is 0 Å². The van der Waals surface area contributed by atoms with Gasteiger partial charge in [-0.05, 0) is 31.2 Å². The zero-order valence-electron chi connectivity index (χ0n) is 13.1. The Balaban J connectivity index is 2.31. The summed E-state index contributed by atoms with van der Waals surface area (Å²) in [5.74, 6) is 0. The molecule has 0 fully saturated rings. The maximum Gasteiger partial charge on any atom is 0.328 e. The van der Waals surface area contributed by atoms with E-state index in [1.165, 1.54) is 21.3 Å². The van der Waals surface area contributed by atoms with Gasteiger partial charge in [0.2, 0.25) is 9.84 Å². The summed E-state index contributed by atoms with van der Waals surface area (Å²) in [7, 11) is -0.524. The highest BCUT2D eigenvalue weighted by Gasteiger charge is 2.23. The smallest absolute Gasteiger partial charge is 0.328 e. The minimum Gasteiger partial charge on any atom is -0.398 e. The molecule has 0 unspecified atom stereocenters. The third-order valence-corrected chi connectivity index (χ3v) is 5.85. The van der Waals surface area contributed by atoms with Crippen molar-refractivity contribution in [2.24, 2.45) is 14.1 Å². The van der Waals surface area contributed by atoms with Crippen LogP contribution in [0.15, 0.2) is 51.0 Å². The van der Waals surface area contributed by atoms with Gasteiger partial charge in [0, 0.05) is 14.1 Å². The molecule has 0 aliphatic rings. The molecule has 3 aromatic rings. The van der Waals surface area contributed by atoms with Crippen LogP contribution in [0.25, 0.3) is 11.0 Å². The van der Waals surface area contributed by atoms with Crippen molar-refractivity contribution in [3.8, 4) is 0 Å². The van der Waals surface area contributed by atoms with Crippen LogP contribution in [0.2, 0.25) is 0 Å². The van der Waals surface area contributed by atoms with E-state index in [2.05, 4.69) is 0 Å². The molecule has 0 saturated heterocycles. The molecule has 0 saturated carbocycles. The van der Waals surface area contributed by atoms with E-state index >= 15 is 0 Å². The summed E-state index contributed by atoms with van der Waals surface area (Å²) in [5.41, 5.74) is 7.95. The summed E-state index contributed by atoms with van der Waals surface area (Å²) < 4.78 is 28.5. The molecule has 6 nitrogen and oxygen atoms in total. The lowest BCUT2D eigenvalue weighted by Crippen LogP contribution is -2.19. The number of hydrogen-bond donors (Lipinski definition) is 1. The third-order valence-electron chi connectivity index (χ3n) is 4.02. The average molecular weight is 331 g/mol. The molecule has 2 N–H and O–H groups in total. The SMILES string of the molecule is Cc1ccc(S(=O)(=O)c2cc3c(cc2N)n(C)c(=O)n3C)cc1. The number of imidazole rings is 1. The highest BCUT2D eigenvalue weighted by atomic mass is 32.2. The molecule has 0 aliphatic carbocycles. The fourth-order valence-corrected chi connectivity index (χ4v) is 4.00. The maximum absolute atomic E-state index is 12.8. The number of anilines is 1. The molecule has 0 radical (unpaired) electrons. The summed E-state index contributed by atoms with van der Waals surface area (Å²) in [6, 6.07) is 9.56. The monoisotopic (exact) mass is 331 g/mol. The Morgan fingerprint density at radius 3 is 2.04 bits per heavy atom. The number of benzene rings is 2. The number of nitrogen functional groups attached to an aromatic ring is 1. The number of hydrogen-bond acceptors (Lipinski definition) is 4. The molecule has 0 bridgehead atoms. The first-order chi connectivity index (χ1) is 10.7. The molecule has 0 aliphatic heterocycles. The minimum atomic E-state index is -3.75. The van der Waals surface area contributed by atoms with E-state index in [0.29, 0.717) is 11.0 Å². The summed E-state index contributed by atoms with van der Waals surface area (Å²) in [5, 5.41) is 0. The number of fused-ring (bicyclic) bond motifs is 1. The number of nitrogens with two attached hydrogens (primary N) is 1. The van der Waals surface area contributed by atoms with Crippen LogP contribution in [0, 0.1) is 6.92 Å². The van der Waals surface area contributed by atoms with Gasteiger partial charge in [-0.2, -0.15) is 0 Å². The molecule has 23 heavy (non-hydrogen) atoms. The van der Waals surface area contributed by atoms with E-state index in [0.717, 1.165) is 5.56 Å². The molecule has 120 valence electrons. The average Bonchev–Trinajstić information content (AvgIpc) is 2.71. The topological polar surface area (TPSA) is 87.1 Å². The van der Waals surface area contributed by atoms with E-state index in [-0.39, 0.29) is 21.2 Å². The maximum atomic E-state index is 12.8. The predicted molar refractivity (Wildman–Crippen MR) is 89.2 cm³/mol. The Morgan fingerprint density at radius 2 is 1.48 bits per heavy atom. The van der Waals surface area contributed by atoms with Crippen LogP contribution >= 0.6 is 0 Å². The standard InChI is InChI=1S/C16H17N3O3S/c1-10-4-6-11(7-5-10)23(21,22)15-9-14-13(8-12(15)17)18(2)16(20)19(14)3/h4-9H,17H2,1-3H3. The van der Waals surface area contributed by atoms with Gasteiger partial charge in [-0.3, -0.25) is 9.13 Å². The van der Waals surface area contributed by atoms with E-state index in [1.54, 1.807) is 38.4 Å². The van der Waals surface area contributed by atoms with Crippen LogP contribution in [0.1, 0.15) is 5.56 Å². The summed E-state index contributed by atoms with van der Waals surface area (Å²) >= 11 is 0. The van der Waals surface area contributed by atoms with Crippen molar-refractivity contribution >= 4 is 26.6 Å². The normalized spacial score (nSPS) is 12.0. The van der Waals surface area contributed by atoms with Crippen LogP contribution in [0.3, 0.4) is 0 Å².